The van der Waals surface area contributed by atoms with Gasteiger partial charge in [-0.25, -0.2) is 4.39 Å². The van der Waals surface area contributed by atoms with Crippen LogP contribution < -0.4 is 20.9 Å². The van der Waals surface area contributed by atoms with Gasteiger partial charge in [-0.3, -0.25) is 19.8 Å². The first-order valence-electron chi connectivity index (χ1n) is 10.7. The zero-order chi connectivity index (χ0) is 20.2. The Hall–Kier alpha value is -2.19. The summed E-state index contributed by atoms with van der Waals surface area (Å²) in [7, 11) is 0. The van der Waals surface area contributed by atoms with E-state index in [1.54, 1.807) is 6.07 Å². The van der Waals surface area contributed by atoms with Crippen molar-refractivity contribution in [2.24, 2.45) is 5.92 Å². The van der Waals surface area contributed by atoms with Gasteiger partial charge in [0.25, 0.3) is 0 Å². The molecule has 29 heavy (non-hydrogen) atoms. The van der Waals surface area contributed by atoms with Crippen LogP contribution in [0.25, 0.3) is 0 Å². The summed E-state index contributed by atoms with van der Waals surface area (Å²) < 4.78 is 14.6. The fourth-order valence-electron chi connectivity index (χ4n) is 4.45. The first kappa shape index (κ1) is 20.1. The second-order valence-electron chi connectivity index (χ2n) is 8.29. The van der Waals surface area contributed by atoms with Crippen molar-refractivity contribution < 1.29 is 14.0 Å². The van der Waals surface area contributed by atoms with Crippen molar-refractivity contribution in [1.29, 1.82) is 0 Å². The molecule has 1 unspecified atom stereocenters. The quantitative estimate of drug-likeness (QED) is 0.641. The predicted octanol–water partition coefficient (Wildman–Crippen LogP) is 1.16. The number of benzene rings is 1. The van der Waals surface area contributed by atoms with Crippen LogP contribution in [-0.4, -0.2) is 68.6 Å². The number of carbonyl (C=O) groups is 2. The molecule has 0 aliphatic carbocycles. The van der Waals surface area contributed by atoms with Crippen molar-refractivity contribution in [3.05, 3.63) is 24.0 Å². The highest BCUT2D eigenvalue weighted by molar-refractivity contribution is 6.01. The highest BCUT2D eigenvalue weighted by atomic mass is 19.1. The maximum absolute atomic E-state index is 14.6. The van der Waals surface area contributed by atoms with Crippen LogP contribution >= 0.6 is 0 Å². The van der Waals surface area contributed by atoms with Crippen LogP contribution in [-0.2, 0) is 9.59 Å². The van der Waals surface area contributed by atoms with Gasteiger partial charge in [0.05, 0.1) is 5.69 Å². The fourth-order valence-corrected chi connectivity index (χ4v) is 4.45. The van der Waals surface area contributed by atoms with Gasteiger partial charge in [0.15, 0.2) is 0 Å². The van der Waals surface area contributed by atoms with Gasteiger partial charge in [0.2, 0.25) is 11.8 Å². The van der Waals surface area contributed by atoms with E-state index in [9.17, 15) is 14.0 Å². The molecule has 3 saturated heterocycles. The summed E-state index contributed by atoms with van der Waals surface area (Å²) in [5.74, 6) is -0.250. The number of hydrogen-bond acceptors (Lipinski definition) is 6. The number of rotatable bonds is 5. The summed E-state index contributed by atoms with van der Waals surface area (Å²) in [6, 6.07) is 4.55. The van der Waals surface area contributed by atoms with Crippen molar-refractivity contribution in [2.75, 3.05) is 56.0 Å². The molecule has 2 amide bonds. The van der Waals surface area contributed by atoms with E-state index in [2.05, 4.69) is 25.8 Å². The van der Waals surface area contributed by atoms with E-state index in [-0.39, 0.29) is 18.1 Å². The van der Waals surface area contributed by atoms with Gasteiger partial charge in [0.1, 0.15) is 11.9 Å². The van der Waals surface area contributed by atoms with E-state index < -0.39 is 11.9 Å². The fraction of sp³-hybridized carbons (Fsp3) is 0.619. The largest absolute Gasteiger partial charge is 0.371 e. The monoisotopic (exact) mass is 403 g/mol. The molecule has 158 valence electrons. The summed E-state index contributed by atoms with van der Waals surface area (Å²) in [6.07, 6.45) is 3.16. The Morgan fingerprint density at radius 3 is 2.52 bits per heavy atom. The van der Waals surface area contributed by atoms with Crippen LogP contribution in [0.5, 0.6) is 0 Å². The Bertz CT molecular complexity index is 745. The zero-order valence-corrected chi connectivity index (χ0v) is 16.8. The van der Waals surface area contributed by atoms with Crippen molar-refractivity contribution in [3.8, 4) is 0 Å². The van der Waals surface area contributed by atoms with Crippen LogP contribution in [0.3, 0.4) is 0 Å². The number of piperazine rings is 1. The molecule has 0 saturated carbocycles. The van der Waals surface area contributed by atoms with Gasteiger partial charge in [-0.1, -0.05) is 0 Å². The summed E-state index contributed by atoms with van der Waals surface area (Å²) in [5.41, 5.74) is 1.17. The molecule has 7 nitrogen and oxygen atoms in total. The van der Waals surface area contributed by atoms with E-state index in [1.807, 2.05) is 6.07 Å². The highest BCUT2D eigenvalue weighted by Gasteiger charge is 2.27. The van der Waals surface area contributed by atoms with Gasteiger partial charge < -0.3 is 15.5 Å². The highest BCUT2D eigenvalue weighted by Crippen LogP contribution is 2.25. The maximum atomic E-state index is 14.6. The molecule has 0 spiro atoms. The number of halogens is 1. The third kappa shape index (κ3) is 5.05. The average Bonchev–Trinajstić information content (AvgIpc) is 2.73. The SMILES string of the molecule is O=C1CCC(Nc2ccc(N3CCN(CC4CCNCC4)CC3)cc2F)C(=O)N1. The van der Waals surface area contributed by atoms with Crippen LogP contribution in [0, 0.1) is 11.7 Å². The molecule has 3 fully saturated rings. The predicted molar refractivity (Wildman–Crippen MR) is 110 cm³/mol. The van der Waals surface area contributed by atoms with E-state index in [0.717, 1.165) is 50.9 Å². The van der Waals surface area contributed by atoms with Crippen molar-refractivity contribution >= 4 is 23.2 Å². The molecule has 0 aromatic heterocycles. The minimum absolute atomic E-state index is 0.269. The Labute approximate surface area is 171 Å². The number of piperidine rings is 2. The smallest absolute Gasteiger partial charge is 0.249 e. The summed E-state index contributed by atoms with van der Waals surface area (Å²) >= 11 is 0. The van der Waals surface area contributed by atoms with Gasteiger partial charge in [-0.05, 0) is 56.5 Å². The van der Waals surface area contributed by atoms with E-state index in [0.29, 0.717) is 12.1 Å². The molecule has 1 atom stereocenters. The van der Waals surface area contributed by atoms with Gasteiger partial charge in [-0.15, -0.1) is 0 Å². The second-order valence-corrected chi connectivity index (χ2v) is 8.29. The van der Waals surface area contributed by atoms with E-state index in [1.165, 1.54) is 25.5 Å². The number of nitrogens with zero attached hydrogens (tertiary/aromatic N) is 2. The Kier molecular flexibility index (Phi) is 6.30. The molecule has 1 aromatic carbocycles. The zero-order valence-electron chi connectivity index (χ0n) is 16.8. The average molecular weight is 404 g/mol. The molecule has 0 bridgehead atoms. The maximum Gasteiger partial charge on any atom is 0.249 e. The van der Waals surface area contributed by atoms with Crippen LogP contribution in [0.4, 0.5) is 15.8 Å². The van der Waals surface area contributed by atoms with Crippen LogP contribution in [0.1, 0.15) is 25.7 Å². The van der Waals surface area contributed by atoms with Gasteiger partial charge in [-0.2, -0.15) is 0 Å². The van der Waals surface area contributed by atoms with Crippen molar-refractivity contribution in [2.45, 2.75) is 31.7 Å². The van der Waals surface area contributed by atoms with Gasteiger partial charge in [0, 0.05) is 44.8 Å². The third-order valence-corrected chi connectivity index (χ3v) is 6.23. The first-order valence-corrected chi connectivity index (χ1v) is 10.7. The minimum Gasteiger partial charge on any atom is -0.371 e. The molecule has 0 radical (unpaired) electrons. The lowest BCUT2D eigenvalue weighted by molar-refractivity contribution is -0.133. The summed E-state index contributed by atoms with van der Waals surface area (Å²) in [6.45, 7) is 7.21. The molecule has 3 aliphatic heterocycles. The first-order chi connectivity index (χ1) is 14.1. The lowest BCUT2D eigenvalue weighted by atomic mass is 9.97. The lowest BCUT2D eigenvalue weighted by Crippen LogP contribution is -2.48. The molecule has 3 aliphatic rings. The molecule has 8 heteroatoms. The van der Waals surface area contributed by atoms with E-state index in [4.69, 9.17) is 0 Å². The summed E-state index contributed by atoms with van der Waals surface area (Å²) in [5, 5.41) is 8.63. The molecule has 3 heterocycles. The Morgan fingerprint density at radius 2 is 1.83 bits per heavy atom. The number of carbonyl (C=O) groups excluding carboxylic acids is 2. The van der Waals surface area contributed by atoms with Crippen LogP contribution in [0.15, 0.2) is 18.2 Å². The molecular formula is C21H30FN5O2. The number of imide groups is 1. The Balaban J connectivity index is 1.30. The number of nitrogens with one attached hydrogen (secondary N) is 3. The normalized spacial score (nSPS) is 24.4. The number of hydrogen-bond donors (Lipinski definition) is 3. The molecule has 4 rings (SSSR count). The second kappa shape index (κ2) is 9.09. The molecule has 1 aromatic rings. The Morgan fingerprint density at radius 1 is 1.07 bits per heavy atom. The minimum atomic E-state index is -0.577. The third-order valence-electron chi connectivity index (χ3n) is 6.23. The van der Waals surface area contributed by atoms with E-state index >= 15 is 0 Å². The standard InChI is InChI=1S/C21H30FN5O2/c22-17-13-16(1-2-18(17)24-19-3-4-20(28)25-21(19)29)27-11-9-26(10-12-27)14-15-5-7-23-8-6-15/h1-2,13,15,19,23-24H,3-12,14H2,(H,25,28,29). The number of amides is 2. The number of anilines is 2. The van der Waals surface area contributed by atoms with Gasteiger partial charge >= 0.3 is 0 Å². The van der Waals surface area contributed by atoms with Crippen LogP contribution in [0.2, 0.25) is 0 Å². The molecule has 3 N–H and O–H groups in total. The molecular weight excluding hydrogens is 373 g/mol. The van der Waals surface area contributed by atoms with Crippen molar-refractivity contribution in [3.63, 3.8) is 0 Å². The van der Waals surface area contributed by atoms with Crippen molar-refractivity contribution in [1.82, 2.24) is 15.5 Å². The lowest BCUT2D eigenvalue weighted by Gasteiger charge is -2.38. The topological polar surface area (TPSA) is 76.7 Å². The summed E-state index contributed by atoms with van der Waals surface area (Å²) in [4.78, 5) is 27.9.